The van der Waals surface area contributed by atoms with Crippen LogP contribution in [0.1, 0.15) is 36.8 Å². The smallest absolute Gasteiger partial charge is 0.233 e. The lowest BCUT2D eigenvalue weighted by Gasteiger charge is -2.39. The second-order valence-electron chi connectivity index (χ2n) is 7.06. The van der Waals surface area contributed by atoms with Gasteiger partial charge in [-0.3, -0.25) is 4.79 Å². The molecule has 23 heavy (non-hydrogen) atoms. The number of amides is 1. The fourth-order valence-corrected chi connectivity index (χ4v) is 3.51. The number of carbonyl (C=O) groups excluding carboxylic acids is 1. The molecule has 0 atom stereocenters. The van der Waals surface area contributed by atoms with Crippen LogP contribution >= 0.6 is 0 Å². The lowest BCUT2D eigenvalue weighted by molar-refractivity contribution is -0.120. The third-order valence-corrected chi connectivity index (χ3v) is 5.21. The molecule has 1 amide bonds. The highest BCUT2D eigenvalue weighted by molar-refractivity contribution is 5.78. The predicted octanol–water partition coefficient (Wildman–Crippen LogP) is 2.16. The normalized spacial score (nSPS) is 20.2. The number of aryl methyl sites for hydroxylation is 1. The van der Waals surface area contributed by atoms with Gasteiger partial charge < -0.3 is 15.4 Å². The first kappa shape index (κ1) is 16.5. The van der Waals surface area contributed by atoms with Crippen molar-refractivity contribution in [2.24, 2.45) is 5.92 Å². The first-order valence-electron chi connectivity index (χ1n) is 8.81. The molecule has 0 bridgehead atoms. The van der Waals surface area contributed by atoms with Crippen molar-refractivity contribution in [1.29, 1.82) is 0 Å². The highest BCUT2D eigenvalue weighted by Crippen LogP contribution is 2.36. The summed E-state index contributed by atoms with van der Waals surface area (Å²) in [6, 6.07) is 8.54. The molecule has 3 rings (SSSR count). The van der Waals surface area contributed by atoms with Gasteiger partial charge in [-0.2, -0.15) is 0 Å². The maximum atomic E-state index is 12.1. The van der Waals surface area contributed by atoms with Crippen molar-refractivity contribution in [1.82, 2.24) is 10.6 Å². The molecule has 1 aliphatic heterocycles. The maximum absolute atomic E-state index is 12.1. The molecule has 1 saturated heterocycles. The monoisotopic (exact) mass is 316 g/mol. The standard InChI is InChI=1S/C19H28N2O2/c1-15-4-2-3-5-17(15)19(8-10-23-11-9-19)14-21-18(22)13-20-12-16-6-7-16/h2-5,16,20H,6-14H2,1H3,(H,21,22). The van der Waals surface area contributed by atoms with Crippen LogP contribution in [0.15, 0.2) is 24.3 Å². The van der Waals surface area contributed by atoms with E-state index >= 15 is 0 Å². The lowest BCUT2D eigenvalue weighted by Crippen LogP contribution is -2.47. The van der Waals surface area contributed by atoms with E-state index in [1.807, 2.05) is 0 Å². The topological polar surface area (TPSA) is 50.4 Å². The molecule has 2 N–H and O–H groups in total. The second kappa shape index (κ2) is 7.45. The second-order valence-corrected chi connectivity index (χ2v) is 7.06. The first-order chi connectivity index (χ1) is 11.2. The molecule has 0 unspecified atom stereocenters. The number of hydrogen-bond donors (Lipinski definition) is 2. The van der Waals surface area contributed by atoms with Gasteiger partial charge in [-0.1, -0.05) is 24.3 Å². The summed E-state index contributed by atoms with van der Waals surface area (Å²) in [5, 5.41) is 6.42. The molecule has 0 spiro atoms. The van der Waals surface area contributed by atoms with E-state index in [-0.39, 0.29) is 11.3 Å². The van der Waals surface area contributed by atoms with E-state index in [1.165, 1.54) is 24.0 Å². The Labute approximate surface area is 139 Å². The lowest BCUT2D eigenvalue weighted by atomic mass is 9.72. The van der Waals surface area contributed by atoms with Gasteiger partial charge in [-0.05, 0) is 56.2 Å². The van der Waals surface area contributed by atoms with Crippen LogP contribution in [0.2, 0.25) is 0 Å². The van der Waals surface area contributed by atoms with Gasteiger partial charge in [-0.25, -0.2) is 0 Å². The van der Waals surface area contributed by atoms with Crippen molar-refractivity contribution in [3.05, 3.63) is 35.4 Å². The van der Waals surface area contributed by atoms with E-state index < -0.39 is 0 Å². The van der Waals surface area contributed by atoms with Crippen LogP contribution in [0.5, 0.6) is 0 Å². The minimum atomic E-state index is 0.00967. The molecule has 0 radical (unpaired) electrons. The van der Waals surface area contributed by atoms with Gasteiger partial charge in [-0.15, -0.1) is 0 Å². The molecule has 1 aliphatic carbocycles. The zero-order valence-corrected chi connectivity index (χ0v) is 14.1. The summed E-state index contributed by atoms with van der Waals surface area (Å²) >= 11 is 0. The molecular weight excluding hydrogens is 288 g/mol. The highest BCUT2D eigenvalue weighted by Gasteiger charge is 2.35. The Morgan fingerprint density at radius 2 is 2.00 bits per heavy atom. The van der Waals surface area contributed by atoms with E-state index in [9.17, 15) is 4.79 Å². The third kappa shape index (κ3) is 4.33. The van der Waals surface area contributed by atoms with Crippen molar-refractivity contribution >= 4 is 5.91 Å². The van der Waals surface area contributed by atoms with Crippen LogP contribution in [0.25, 0.3) is 0 Å². The van der Waals surface area contributed by atoms with Crippen molar-refractivity contribution in [2.45, 2.75) is 38.0 Å². The molecule has 2 aliphatic rings. The summed E-state index contributed by atoms with van der Waals surface area (Å²) in [7, 11) is 0. The number of benzene rings is 1. The van der Waals surface area contributed by atoms with E-state index in [0.29, 0.717) is 13.1 Å². The van der Waals surface area contributed by atoms with Crippen LogP contribution in [-0.2, 0) is 14.9 Å². The average Bonchev–Trinajstić information content (AvgIpc) is 3.39. The minimum absolute atomic E-state index is 0.00967. The Balaban J connectivity index is 1.60. The van der Waals surface area contributed by atoms with Crippen molar-refractivity contribution in [2.75, 3.05) is 32.8 Å². The third-order valence-electron chi connectivity index (χ3n) is 5.21. The van der Waals surface area contributed by atoms with Gasteiger partial charge in [0, 0.05) is 25.2 Å². The van der Waals surface area contributed by atoms with Crippen molar-refractivity contribution < 1.29 is 9.53 Å². The number of nitrogens with one attached hydrogen (secondary N) is 2. The summed E-state index contributed by atoms with van der Waals surface area (Å²) in [5.41, 5.74) is 2.67. The number of ether oxygens (including phenoxy) is 1. The Morgan fingerprint density at radius 3 is 2.70 bits per heavy atom. The SMILES string of the molecule is Cc1ccccc1C1(CNC(=O)CNCC2CC2)CCOCC1. The quantitative estimate of drug-likeness (QED) is 0.810. The van der Waals surface area contributed by atoms with Crippen LogP contribution in [0, 0.1) is 12.8 Å². The summed E-state index contributed by atoms with van der Waals surface area (Å²) in [6.07, 6.45) is 4.55. The highest BCUT2D eigenvalue weighted by atomic mass is 16.5. The molecule has 1 aromatic rings. The molecule has 1 heterocycles. The van der Waals surface area contributed by atoms with Gasteiger partial charge in [0.15, 0.2) is 0 Å². The van der Waals surface area contributed by atoms with Crippen LogP contribution < -0.4 is 10.6 Å². The van der Waals surface area contributed by atoms with Crippen molar-refractivity contribution in [3.63, 3.8) is 0 Å². The Bertz CT molecular complexity index is 534. The summed E-state index contributed by atoms with van der Waals surface area (Å²) in [4.78, 5) is 12.1. The van der Waals surface area contributed by atoms with Gasteiger partial charge >= 0.3 is 0 Å². The number of carbonyl (C=O) groups is 1. The molecule has 4 nitrogen and oxygen atoms in total. The molecule has 0 aromatic heterocycles. The van der Waals surface area contributed by atoms with E-state index in [0.717, 1.165) is 38.5 Å². The molecule has 1 aromatic carbocycles. The zero-order chi connectivity index (χ0) is 16.1. The number of rotatable bonds is 7. The molecular formula is C19H28N2O2. The Morgan fingerprint density at radius 1 is 1.26 bits per heavy atom. The zero-order valence-electron chi connectivity index (χ0n) is 14.1. The fraction of sp³-hybridized carbons (Fsp3) is 0.632. The van der Waals surface area contributed by atoms with E-state index in [1.54, 1.807) is 0 Å². The summed E-state index contributed by atoms with van der Waals surface area (Å²) < 4.78 is 5.57. The summed E-state index contributed by atoms with van der Waals surface area (Å²) in [6.45, 7) is 5.80. The average molecular weight is 316 g/mol. The van der Waals surface area contributed by atoms with Gasteiger partial charge in [0.1, 0.15) is 0 Å². The molecule has 2 fully saturated rings. The number of hydrogen-bond acceptors (Lipinski definition) is 3. The van der Waals surface area contributed by atoms with Crippen molar-refractivity contribution in [3.8, 4) is 0 Å². The largest absolute Gasteiger partial charge is 0.381 e. The predicted molar refractivity (Wildman–Crippen MR) is 91.5 cm³/mol. The molecule has 126 valence electrons. The van der Waals surface area contributed by atoms with E-state index in [2.05, 4.69) is 41.8 Å². The van der Waals surface area contributed by atoms with Gasteiger partial charge in [0.2, 0.25) is 5.91 Å². The van der Waals surface area contributed by atoms with Crippen LogP contribution in [0.4, 0.5) is 0 Å². The van der Waals surface area contributed by atoms with Gasteiger partial charge in [0.05, 0.1) is 6.54 Å². The maximum Gasteiger partial charge on any atom is 0.233 e. The minimum Gasteiger partial charge on any atom is -0.381 e. The first-order valence-corrected chi connectivity index (χ1v) is 8.81. The Hall–Kier alpha value is -1.39. The molecule has 1 saturated carbocycles. The fourth-order valence-electron chi connectivity index (χ4n) is 3.51. The molecule has 4 heteroatoms. The van der Waals surface area contributed by atoms with Crippen LogP contribution in [-0.4, -0.2) is 38.8 Å². The van der Waals surface area contributed by atoms with E-state index in [4.69, 9.17) is 4.74 Å². The van der Waals surface area contributed by atoms with Crippen LogP contribution in [0.3, 0.4) is 0 Å². The van der Waals surface area contributed by atoms with Gasteiger partial charge in [0.25, 0.3) is 0 Å². The summed E-state index contributed by atoms with van der Waals surface area (Å²) in [5.74, 6) is 0.904. The Kier molecular flexibility index (Phi) is 5.34.